The van der Waals surface area contributed by atoms with Crippen molar-refractivity contribution in [2.24, 2.45) is 13.0 Å². The summed E-state index contributed by atoms with van der Waals surface area (Å²) in [4.78, 5) is 25.1. The number of halogens is 3. The van der Waals surface area contributed by atoms with Crippen LogP contribution < -0.4 is 10.6 Å². The minimum atomic E-state index is -0.879. The Bertz CT molecular complexity index is 1180. The van der Waals surface area contributed by atoms with Crippen LogP contribution >= 0.6 is 27.7 Å². The molecular weight excluding hydrogens is 528 g/mol. The summed E-state index contributed by atoms with van der Waals surface area (Å²) < 4.78 is 29.0. The van der Waals surface area contributed by atoms with Crippen LogP contribution in [0, 0.1) is 24.5 Å². The highest BCUT2D eigenvalue weighted by Crippen LogP contribution is 2.28. The lowest BCUT2D eigenvalue weighted by molar-refractivity contribution is -0.113. The zero-order chi connectivity index (χ0) is 25.0. The first kappa shape index (κ1) is 25.8. The third-order valence-electron chi connectivity index (χ3n) is 5.02. The van der Waals surface area contributed by atoms with Gasteiger partial charge in [-0.1, -0.05) is 43.3 Å². The normalized spacial score (nSPS) is 12.0. The lowest BCUT2D eigenvalue weighted by atomic mass is 10.0. The second-order valence-corrected chi connectivity index (χ2v) is 9.84. The number of aromatic nitrogens is 3. The van der Waals surface area contributed by atoms with Crippen LogP contribution in [0.2, 0.25) is 0 Å². The van der Waals surface area contributed by atoms with E-state index in [0.29, 0.717) is 22.6 Å². The number of hydrogen-bond donors (Lipinski definition) is 2. The lowest BCUT2D eigenvalue weighted by Gasteiger charge is -2.21. The van der Waals surface area contributed by atoms with Crippen LogP contribution in [0.15, 0.2) is 46.0 Å². The molecule has 2 aromatic carbocycles. The first-order valence-corrected chi connectivity index (χ1v) is 12.2. The molecule has 2 N–H and O–H groups in total. The van der Waals surface area contributed by atoms with Crippen molar-refractivity contribution < 1.29 is 18.4 Å². The average molecular weight is 552 g/mol. The molecule has 2 amide bonds. The number of carbonyl (C=O) groups is 2. The molecule has 180 valence electrons. The van der Waals surface area contributed by atoms with E-state index in [9.17, 15) is 18.4 Å². The maximum atomic E-state index is 14.0. The van der Waals surface area contributed by atoms with Crippen molar-refractivity contribution in [3.8, 4) is 0 Å². The molecule has 1 atom stereocenters. The van der Waals surface area contributed by atoms with Crippen molar-refractivity contribution in [2.45, 2.75) is 32.0 Å². The maximum Gasteiger partial charge on any atom is 0.251 e. The van der Waals surface area contributed by atoms with Gasteiger partial charge in [-0.2, -0.15) is 0 Å². The summed E-state index contributed by atoms with van der Waals surface area (Å²) in [5.41, 5.74) is 1.47. The molecule has 1 aromatic heterocycles. The Morgan fingerprint density at radius 3 is 2.44 bits per heavy atom. The summed E-state index contributed by atoms with van der Waals surface area (Å²) in [5, 5.41) is 14.3. The highest BCUT2D eigenvalue weighted by atomic mass is 79.9. The molecule has 11 heteroatoms. The van der Waals surface area contributed by atoms with Gasteiger partial charge in [-0.05, 0) is 47.0 Å². The van der Waals surface area contributed by atoms with Gasteiger partial charge in [0.25, 0.3) is 5.91 Å². The predicted octanol–water partition coefficient (Wildman–Crippen LogP) is 5.02. The zero-order valence-electron chi connectivity index (χ0n) is 19.0. The first-order valence-electron chi connectivity index (χ1n) is 10.4. The third-order valence-corrected chi connectivity index (χ3v) is 6.66. The van der Waals surface area contributed by atoms with Crippen LogP contribution in [0.3, 0.4) is 0 Å². The number of carbonyl (C=O) groups excluding carboxylic acids is 2. The minimum absolute atomic E-state index is 0.0252. The Balaban J connectivity index is 1.68. The summed E-state index contributed by atoms with van der Waals surface area (Å²) >= 11 is 4.15. The predicted molar refractivity (Wildman–Crippen MR) is 131 cm³/mol. The Morgan fingerprint density at radius 1 is 1.15 bits per heavy atom. The van der Waals surface area contributed by atoms with Crippen LogP contribution in [0.4, 0.5) is 14.5 Å². The van der Waals surface area contributed by atoms with Crippen molar-refractivity contribution in [1.82, 2.24) is 20.1 Å². The molecule has 3 rings (SSSR count). The van der Waals surface area contributed by atoms with E-state index in [1.807, 2.05) is 32.9 Å². The molecule has 0 saturated carbocycles. The van der Waals surface area contributed by atoms with E-state index in [-0.39, 0.29) is 27.7 Å². The van der Waals surface area contributed by atoms with Crippen LogP contribution in [0.1, 0.15) is 41.6 Å². The van der Waals surface area contributed by atoms with Crippen molar-refractivity contribution >= 4 is 45.2 Å². The van der Waals surface area contributed by atoms with Crippen molar-refractivity contribution in [3.63, 3.8) is 0 Å². The van der Waals surface area contributed by atoms with Gasteiger partial charge in [-0.15, -0.1) is 10.2 Å². The Kier molecular flexibility index (Phi) is 8.42. The average Bonchev–Trinajstić information content (AvgIpc) is 3.13. The first-order chi connectivity index (χ1) is 16.1. The number of nitrogens with one attached hydrogen (secondary N) is 2. The largest absolute Gasteiger partial charge is 0.342 e. The van der Waals surface area contributed by atoms with Gasteiger partial charge in [0.1, 0.15) is 5.82 Å². The van der Waals surface area contributed by atoms with Crippen LogP contribution in [-0.4, -0.2) is 32.3 Å². The molecule has 0 unspecified atom stereocenters. The molecule has 0 aliphatic rings. The summed E-state index contributed by atoms with van der Waals surface area (Å²) in [5.74, 6) is -1.84. The molecular formula is C23H24BrF2N5O2S. The Labute approximate surface area is 208 Å². The standard InChI is InChI=1S/C23H24BrF2N5O2S/c1-12(2)19(28-22(33)14-7-5-13(3)6-8-14)21-29-30-23(31(21)4)34-11-18(32)27-20-16(24)9-15(25)10-17(20)26/h5-10,12,19H,11H2,1-4H3,(H,27,32)(H,28,33)/t19-/m0/s1. The fourth-order valence-electron chi connectivity index (χ4n) is 3.15. The molecule has 0 bridgehead atoms. The van der Waals surface area contributed by atoms with Gasteiger partial charge in [0.15, 0.2) is 16.8 Å². The number of aryl methyl sites for hydroxylation is 1. The summed E-state index contributed by atoms with van der Waals surface area (Å²) in [6, 6.07) is 8.63. The van der Waals surface area contributed by atoms with Gasteiger partial charge < -0.3 is 15.2 Å². The quantitative estimate of drug-likeness (QED) is 0.383. The fraction of sp³-hybridized carbons (Fsp3) is 0.304. The van der Waals surface area contributed by atoms with Gasteiger partial charge in [-0.3, -0.25) is 9.59 Å². The van der Waals surface area contributed by atoms with Crippen LogP contribution in [0.5, 0.6) is 0 Å². The smallest absolute Gasteiger partial charge is 0.251 e. The number of anilines is 1. The van der Waals surface area contributed by atoms with Gasteiger partial charge in [0, 0.05) is 23.2 Å². The molecule has 0 fully saturated rings. The van der Waals surface area contributed by atoms with E-state index in [0.717, 1.165) is 23.4 Å². The van der Waals surface area contributed by atoms with E-state index in [1.165, 1.54) is 0 Å². The van der Waals surface area contributed by atoms with Crippen molar-refractivity contribution in [3.05, 3.63) is 69.5 Å². The summed E-state index contributed by atoms with van der Waals surface area (Å²) in [6.07, 6.45) is 0. The number of nitrogens with zero attached hydrogens (tertiary/aromatic N) is 3. The Hall–Kier alpha value is -2.79. The molecule has 0 saturated heterocycles. The van der Waals surface area contributed by atoms with Gasteiger partial charge in [0.2, 0.25) is 5.91 Å². The SMILES string of the molecule is Cc1ccc(C(=O)N[C@H](c2nnc(SCC(=O)Nc3c(F)cc(F)cc3Br)n2C)C(C)C)cc1. The number of thioether (sulfide) groups is 1. The van der Waals surface area contributed by atoms with E-state index < -0.39 is 23.6 Å². The number of hydrogen-bond acceptors (Lipinski definition) is 5. The van der Waals surface area contributed by atoms with Crippen LogP contribution in [-0.2, 0) is 11.8 Å². The van der Waals surface area contributed by atoms with E-state index in [2.05, 4.69) is 36.8 Å². The topological polar surface area (TPSA) is 88.9 Å². The zero-order valence-corrected chi connectivity index (χ0v) is 21.4. The van der Waals surface area contributed by atoms with Gasteiger partial charge >= 0.3 is 0 Å². The third kappa shape index (κ3) is 6.20. The number of rotatable bonds is 8. The van der Waals surface area contributed by atoms with Crippen LogP contribution in [0.25, 0.3) is 0 Å². The van der Waals surface area contributed by atoms with Crippen molar-refractivity contribution in [1.29, 1.82) is 0 Å². The lowest BCUT2D eigenvalue weighted by Crippen LogP contribution is -2.33. The number of benzene rings is 2. The summed E-state index contributed by atoms with van der Waals surface area (Å²) in [6.45, 7) is 5.88. The molecule has 7 nitrogen and oxygen atoms in total. The maximum absolute atomic E-state index is 14.0. The molecule has 3 aromatic rings. The Morgan fingerprint density at radius 2 is 1.82 bits per heavy atom. The molecule has 0 aliphatic carbocycles. The van der Waals surface area contributed by atoms with Crippen molar-refractivity contribution in [2.75, 3.05) is 11.1 Å². The highest BCUT2D eigenvalue weighted by Gasteiger charge is 2.25. The van der Waals surface area contributed by atoms with E-state index >= 15 is 0 Å². The minimum Gasteiger partial charge on any atom is -0.342 e. The van der Waals surface area contributed by atoms with Gasteiger partial charge in [0.05, 0.1) is 17.5 Å². The molecule has 1 heterocycles. The number of amides is 2. The summed E-state index contributed by atoms with van der Waals surface area (Å²) in [7, 11) is 1.75. The van der Waals surface area contributed by atoms with E-state index in [1.54, 1.807) is 23.7 Å². The highest BCUT2D eigenvalue weighted by molar-refractivity contribution is 9.10. The fourth-order valence-corrected chi connectivity index (χ4v) is 4.37. The van der Waals surface area contributed by atoms with Gasteiger partial charge in [-0.25, -0.2) is 8.78 Å². The molecule has 0 spiro atoms. The molecule has 0 radical (unpaired) electrons. The molecule has 34 heavy (non-hydrogen) atoms. The monoisotopic (exact) mass is 551 g/mol. The second-order valence-electron chi connectivity index (χ2n) is 8.04. The van der Waals surface area contributed by atoms with E-state index in [4.69, 9.17) is 0 Å². The second kappa shape index (κ2) is 11.1. The molecule has 0 aliphatic heterocycles.